The summed E-state index contributed by atoms with van der Waals surface area (Å²) >= 11 is 0. The summed E-state index contributed by atoms with van der Waals surface area (Å²) in [5.74, 6) is 0.449. The summed E-state index contributed by atoms with van der Waals surface area (Å²) in [4.78, 5) is 11.3. The molecule has 0 spiro atoms. The average Bonchev–Trinajstić information content (AvgIpc) is 2.38. The van der Waals surface area contributed by atoms with Crippen LogP contribution in [0.25, 0.3) is 0 Å². The Bertz CT molecular complexity index is 299. The summed E-state index contributed by atoms with van der Waals surface area (Å²) < 4.78 is 5.19. The SMILES string of the molecule is C=C(C)C(=O)OCCCC(CCCCCCC)C(C)(C)C. The van der Waals surface area contributed by atoms with E-state index in [1.54, 1.807) is 6.92 Å². The van der Waals surface area contributed by atoms with E-state index in [2.05, 4.69) is 34.3 Å². The fraction of sp³-hybridized carbons (Fsp3) is 0.842. The molecule has 1 unspecified atom stereocenters. The van der Waals surface area contributed by atoms with Gasteiger partial charge in [-0.3, -0.25) is 0 Å². The van der Waals surface area contributed by atoms with Gasteiger partial charge in [-0.1, -0.05) is 66.4 Å². The lowest BCUT2D eigenvalue weighted by atomic mass is 9.75. The van der Waals surface area contributed by atoms with E-state index >= 15 is 0 Å². The first-order valence-electron chi connectivity index (χ1n) is 8.61. The fourth-order valence-electron chi connectivity index (χ4n) is 2.62. The van der Waals surface area contributed by atoms with Gasteiger partial charge in [0.05, 0.1) is 6.61 Å². The van der Waals surface area contributed by atoms with Gasteiger partial charge >= 0.3 is 5.97 Å². The number of carbonyl (C=O) groups excluding carboxylic acids is 1. The molecule has 0 aliphatic rings. The van der Waals surface area contributed by atoms with Crippen LogP contribution < -0.4 is 0 Å². The first kappa shape index (κ1) is 20.2. The van der Waals surface area contributed by atoms with E-state index in [0.29, 0.717) is 23.5 Å². The van der Waals surface area contributed by atoms with Gasteiger partial charge in [-0.15, -0.1) is 0 Å². The van der Waals surface area contributed by atoms with E-state index in [9.17, 15) is 4.79 Å². The van der Waals surface area contributed by atoms with Crippen LogP contribution in [0.1, 0.15) is 86.0 Å². The van der Waals surface area contributed by atoms with Crippen molar-refractivity contribution in [2.24, 2.45) is 11.3 Å². The van der Waals surface area contributed by atoms with E-state index in [1.807, 2.05) is 0 Å². The van der Waals surface area contributed by atoms with Crippen LogP contribution in [-0.2, 0) is 9.53 Å². The quantitative estimate of drug-likeness (QED) is 0.269. The average molecular weight is 296 g/mol. The smallest absolute Gasteiger partial charge is 0.333 e. The van der Waals surface area contributed by atoms with Gasteiger partial charge in [-0.05, 0) is 37.5 Å². The predicted octanol–water partition coefficient (Wildman–Crippen LogP) is 5.91. The van der Waals surface area contributed by atoms with Crippen LogP contribution in [0.3, 0.4) is 0 Å². The van der Waals surface area contributed by atoms with E-state index in [1.165, 1.54) is 38.5 Å². The Morgan fingerprint density at radius 1 is 1.05 bits per heavy atom. The summed E-state index contributed by atoms with van der Waals surface area (Å²) in [7, 11) is 0. The first-order chi connectivity index (χ1) is 9.79. The van der Waals surface area contributed by atoms with Gasteiger partial charge in [0.25, 0.3) is 0 Å². The second-order valence-electron chi connectivity index (χ2n) is 7.32. The maximum atomic E-state index is 11.3. The van der Waals surface area contributed by atoms with E-state index in [-0.39, 0.29) is 5.97 Å². The first-order valence-corrected chi connectivity index (χ1v) is 8.61. The van der Waals surface area contributed by atoms with Crippen LogP contribution in [0, 0.1) is 11.3 Å². The summed E-state index contributed by atoms with van der Waals surface area (Å²) in [6, 6.07) is 0. The Hall–Kier alpha value is -0.790. The zero-order valence-corrected chi connectivity index (χ0v) is 15.0. The molecule has 0 aromatic carbocycles. The van der Waals surface area contributed by atoms with Crippen molar-refractivity contribution in [3.63, 3.8) is 0 Å². The van der Waals surface area contributed by atoms with Crippen LogP contribution in [0.4, 0.5) is 0 Å². The molecule has 0 heterocycles. The highest BCUT2D eigenvalue weighted by Gasteiger charge is 2.23. The van der Waals surface area contributed by atoms with Gasteiger partial charge in [0.1, 0.15) is 0 Å². The Morgan fingerprint density at radius 2 is 1.62 bits per heavy atom. The minimum atomic E-state index is -0.262. The second-order valence-corrected chi connectivity index (χ2v) is 7.32. The predicted molar refractivity (Wildman–Crippen MR) is 91.3 cm³/mol. The summed E-state index contributed by atoms with van der Waals surface area (Å²) in [5.41, 5.74) is 0.821. The van der Waals surface area contributed by atoms with E-state index in [0.717, 1.165) is 12.8 Å². The molecule has 0 N–H and O–H groups in total. The van der Waals surface area contributed by atoms with Crippen molar-refractivity contribution in [1.82, 2.24) is 0 Å². The third-order valence-electron chi connectivity index (χ3n) is 4.16. The fourth-order valence-corrected chi connectivity index (χ4v) is 2.62. The molecule has 0 rings (SSSR count). The Labute approximate surface area is 132 Å². The Balaban J connectivity index is 3.97. The number of esters is 1. The minimum absolute atomic E-state index is 0.262. The van der Waals surface area contributed by atoms with Gasteiger partial charge in [0.15, 0.2) is 0 Å². The molecule has 0 bridgehead atoms. The number of ether oxygens (including phenoxy) is 1. The maximum Gasteiger partial charge on any atom is 0.333 e. The monoisotopic (exact) mass is 296 g/mol. The van der Waals surface area contributed by atoms with Crippen molar-refractivity contribution < 1.29 is 9.53 Å². The molecule has 0 aliphatic carbocycles. The molecular formula is C19H36O2. The molecular weight excluding hydrogens is 260 g/mol. The highest BCUT2D eigenvalue weighted by Crippen LogP contribution is 2.34. The minimum Gasteiger partial charge on any atom is -0.462 e. The topological polar surface area (TPSA) is 26.3 Å². The highest BCUT2D eigenvalue weighted by molar-refractivity contribution is 5.86. The maximum absolute atomic E-state index is 11.3. The van der Waals surface area contributed by atoms with Gasteiger partial charge in [-0.25, -0.2) is 4.79 Å². The third-order valence-corrected chi connectivity index (χ3v) is 4.16. The molecule has 1 atom stereocenters. The second kappa shape index (κ2) is 10.9. The normalized spacial score (nSPS) is 13.0. The van der Waals surface area contributed by atoms with Crippen molar-refractivity contribution in [1.29, 1.82) is 0 Å². The third kappa shape index (κ3) is 10.6. The Kier molecular flexibility index (Phi) is 10.5. The van der Waals surface area contributed by atoms with Gasteiger partial charge in [-0.2, -0.15) is 0 Å². The molecule has 2 nitrogen and oxygen atoms in total. The van der Waals surface area contributed by atoms with E-state index < -0.39 is 0 Å². The zero-order chi connectivity index (χ0) is 16.3. The summed E-state index contributed by atoms with van der Waals surface area (Å²) in [6.07, 6.45) is 10.1. The van der Waals surface area contributed by atoms with E-state index in [4.69, 9.17) is 4.74 Å². The number of rotatable bonds is 11. The van der Waals surface area contributed by atoms with Gasteiger partial charge in [0, 0.05) is 5.57 Å². The van der Waals surface area contributed by atoms with Crippen LogP contribution in [-0.4, -0.2) is 12.6 Å². The molecule has 2 heteroatoms. The van der Waals surface area contributed by atoms with Crippen LogP contribution in [0.2, 0.25) is 0 Å². The van der Waals surface area contributed by atoms with Crippen molar-refractivity contribution in [3.8, 4) is 0 Å². The molecule has 0 amide bonds. The molecule has 21 heavy (non-hydrogen) atoms. The number of carbonyl (C=O) groups is 1. The van der Waals surface area contributed by atoms with Crippen molar-refractivity contribution in [3.05, 3.63) is 12.2 Å². The Morgan fingerprint density at radius 3 is 2.14 bits per heavy atom. The van der Waals surface area contributed by atoms with Crippen LogP contribution in [0.15, 0.2) is 12.2 Å². The summed E-state index contributed by atoms with van der Waals surface area (Å²) in [5, 5.41) is 0. The van der Waals surface area contributed by atoms with Crippen molar-refractivity contribution >= 4 is 5.97 Å². The van der Waals surface area contributed by atoms with Crippen molar-refractivity contribution in [2.75, 3.05) is 6.61 Å². The van der Waals surface area contributed by atoms with Crippen LogP contribution >= 0.6 is 0 Å². The largest absolute Gasteiger partial charge is 0.462 e. The number of hydrogen-bond donors (Lipinski definition) is 0. The molecule has 0 fully saturated rings. The standard InChI is InChI=1S/C19H36O2/c1-7-8-9-10-11-13-17(19(4,5)6)14-12-15-21-18(20)16(2)3/h17H,2,7-15H2,1,3-6H3. The van der Waals surface area contributed by atoms with Crippen molar-refractivity contribution in [2.45, 2.75) is 86.0 Å². The summed E-state index contributed by atoms with van der Waals surface area (Å²) in [6.45, 7) is 15.0. The highest BCUT2D eigenvalue weighted by atomic mass is 16.5. The van der Waals surface area contributed by atoms with Gasteiger partial charge in [0.2, 0.25) is 0 Å². The molecule has 124 valence electrons. The lowest BCUT2D eigenvalue weighted by Crippen LogP contribution is -2.21. The van der Waals surface area contributed by atoms with Crippen LogP contribution in [0.5, 0.6) is 0 Å². The molecule has 0 saturated carbocycles. The lowest BCUT2D eigenvalue weighted by Gasteiger charge is -2.31. The number of hydrogen-bond acceptors (Lipinski definition) is 2. The molecule has 0 saturated heterocycles. The molecule has 0 radical (unpaired) electrons. The molecule has 0 aromatic heterocycles. The molecule has 0 aromatic rings. The zero-order valence-electron chi connectivity index (χ0n) is 15.0. The lowest BCUT2D eigenvalue weighted by molar-refractivity contribution is -0.139. The van der Waals surface area contributed by atoms with Gasteiger partial charge < -0.3 is 4.74 Å². The molecule has 0 aliphatic heterocycles. The number of unbranched alkanes of at least 4 members (excludes halogenated alkanes) is 4.